The monoisotopic (exact) mass is 421 g/mol. The van der Waals surface area contributed by atoms with Crippen LogP contribution in [0.4, 0.5) is 5.82 Å². The van der Waals surface area contributed by atoms with Crippen LogP contribution in [0.15, 0.2) is 48.7 Å². The zero-order chi connectivity index (χ0) is 21.6. The number of carbonyl (C=O) groups excluding carboxylic acids is 1. The Morgan fingerprint density at radius 1 is 1.10 bits per heavy atom. The number of ether oxygens (including phenoxy) is 2. The first-order chi connectivity index (χ1) is 15.1. The van der Waals surface area contributed by atoms with Gasteiger partial charge in [-0.05, 0) is 43.5 Å². The van der Waals surface area contributed by atoms with Crippen LogP contribution in [0.1, 0.15) is 44.2 Å². The number of fused-ring (bicyclic) bond motifs is 1. The molecule has 2 aromatic heterocycles. The maximum atomic E-state index is 12.9. The third kappa shape index (κ3) is 5.01. The minimum absolute atomic E-state index is 0.138. The zero-order valence-corrected chi connectivity index (χ0v) is 18.4. The van der Waals surface area contributed by atoms with Crippen molar-refractivity contribution in [1.29, 1.82) is 0 Å². The smallest absolute Gasteiger partial charge is 0.227 e. The normalized spacial score (nSPS) is 14.1. The number of amides is 1. The van der Waals surface area contributed by atoms with Gasteiger partial charge in [0.05, 0.1) is 5.69 Å². The first-order valence-corrected chi connectivity index (χ1v) is 11.2. The van der Waals surface area contributed by atoms with Gasteiger partial charge in [0.25, 0.3) is 0 Å². The van der Waals surface area contributed by atoms with Gasteiger partial charge in [0.1, 0.15) is 24.8 Å². The van der Waals surface area contributed by atoms with Crippen LogP contribution in [0.3, 0.4) is 0 Å². The highest BCUT2D eigenvalue weighted by Crippen LogP contribution is 2.30. The quantitative estimate of drug-likeness (QED) is 0.455. The van der Waals surface area contributed by atoms with Crippen LogP contribution in [-0.2, 0) is 4.79 Å². The van der Waals surface area contributed by atoms with Crippen molar-refractivity contribution in [3.05, 3.63) is 54.4 Å². The number of benzene rings is 1. The second-order valence-corrected chi connectivity index (χ2v) is 8.24. The Morgan fingerprint density at radius 3 is 2.61 bits per heavy atom. The molecule has 1 fully saturated rings. The van der Waals surface area contributed by atoms with Gasteiger partial charge in [0.2, 0.25) is 5.91 Å². The largest absolute Gasteiger partial charge is 0.490 e. The van der Waals surface area contributed by atoms with Crippen molar-refractivity contribution in [3.8, 4) is 11.5 Å². The Kier molecular flexibility index (Phi) is 6.75. The number of pyridine rings is 1. The summed E-state index contributed by atoms with van der Waals surface area (Å²) >= 11 is 0. The molecule has 1 aliphatic carbocycles. The fraction of sp³-hybridized carbons (Fsp3) is 0.440. The molecule has 1 saturated carbocycles. The van der Waals surface area contributed by atoms with Crippen molar-refractivity contribution in [2.75, 3.05) is 25.2 Å². The van der Waals surface area contributed by atoms with Crippen molar-refractivity contribution in [2.24, 2.45) is 5.92 Å². The second-order valence-electron chi connectivity index (χ2n) is 8.24. The molecule has 6 heteroatoms. The number of carbonyl (C=O) groups is 1. The summed E-state index contributed by atoms with van der Waals surface area (Å²) in [6.07, 6.45) is 8.63. The third-order valence-corrected chi connectivity index (χ3v) is 6.04. The lowest BCUT2D eigenvalue weighted by atomic mass is 10.0. The average Bonchev–Trinajstić information content (AvgIpc) is 3.42. The number of rotatable bonds is 9. The standard InChI is InChI=1S/C25H31N3O3/c1-19-25(27(2)23(29)15-14-20-9-6-7-10-20)28-16-8-13-22(24(28)26-19)31-18-17-30-21-11-4-3-5-12-21/h3-5,8,11-13,16,20H,6-7,9-10,14-15,17-18H2,1-2H3. The molecular formula is C25H31N3O3. The van der Waals surface area contributed by atoms with Crippen LogP contribution in [0.2, 0.25) is 0 Å². The lowest BCUT2D eigenvalue weighted by molar-refractivity contribution is -0.118. The van der Waals surface area contributed by atoms with Crippen LogP contribution < -0.4 is 14.4 Å². The molecule has 0 spiro atoms. The number of para-hydroxylation sites is 1. The van der Waals surface area contributed by atoms with Crippen LogP contribution in [0.25, 0.3) is 5.65 Å². The van der Waals surface area contributed by atoms with Gasteiger partial charge in [0.15, 0.2) is 11.4 Å². The Balaban J connectivity index is 1.41. The van der Waals surface area contributed by atoms with Gasteiger partial charge in [-0.25, -0.2) is 4.98 Å². The number of hydrogen-bond donors (Lipinski definition) is 0. The molecular weight excluding hydrogens is 390 g/mol. The van der Waals surface area contributed by atoms with E-state index in [0.717, 1.165) is 23.7 Å². The second kappa shape index (κ2) is 9.86. The van der Waals surface area contributed by atoms with Gasteiger partial charge in [-0.3, -0.25) is 14.1 Å². The van der Waals surface area contributed by atoms with Crippen molar-refractivity contribution < 1.29 is 14.3 Å². The van der Waals surface area contributed by atoms with E-state index in [4.69, 9.17) is 14.5 Å². The Bertz CT molecular complexity index is 1010. The number of aromatic nitrogens is 2. The van der Waals surface area contributed by atoms with Gasteiger partial charge < -0.3 is 9.47 Å². The van der Waals surface area contributed by atoms with Crippen molar-refractivity contribution >= 4 is 17.4 Å². The molecule has 6 nitrogen and oxygen atoms in total. The fourth-order valence-electron chi connectivity index (χ4n) is 4.40. The lowest BCUT2D eigenvalue weighted by Gasteiger charge is -2.19. The van der Waals surface area contributed by atoms with Crippen molar-refractivity contribution in [1.82, 2.24) is 9.38 Å². The number of hydrogen-bond acceptors (Lipinski definition) is 4. The molecule has 0 atom stereocenters. The van der Waals surface area contributed by atoms with Crippen LogP contribution in [0.5, 0.6) is 11.5 Å². The predicted molar refractivity (Wildman–Crippen MR) is 122 cm³/mol. The molecule has 1 amide bonds. The van der Waals surface area contributed by atoms with Gasteiger partial charge in [-0.1, -0.05) is 43.9 Å². The molecule has 164 valence electrons. The van der Waals surface area contributed by atoms with E-state index in [1.54, 1.807) is 4.90 Å². The first kappa shape index (κ1) is 21.2. The molecule has 2 heterocycles. The van der Waals surface area contributed by atoms with Gasteiger partial charge in [-0.15, -0.1) is 0 Å². The molecule has 0 radical (unpaired) electrons. The van der Waals surface area contributed by atoms with E-state index in [-0.39, 0.29) is 5.91 Å². The highest BCUT2D eigenvalue weighted by atomic mass is 16.5. The molecule has 1 aliphatic rings. The van der Waals surface area contributed by atoms with Crippen molar-refractivity contribution in [2.45, 2.75) is 45.4 Å². The van der Waals surface area contributed by atoms with E-state index < -0.39 is 0 Å². The summed E-state index contributed by atoms with van der Waals surface area (Å²) in [7, 11) is 1.84. The maximum absolute atomic E-state index is 12.9. The summed E-state index contributed by atoms with van der Waals surface area (Å²) < 4.78 is 13.6. The topological polar surface area (TPSA) is 56.1 Å². The number of aryl methyl sites for hydroxylation is 1. The predicted octanol–water partition coefficient (Wildman–Crippen LogP) is 5.03. The van der Waals surface area contributed by atoms with E-state index in [2.05, 4.69) is 0 Å². The van der Waals surface area contributed by atoms with Gasteiger partial charge >= 0.3 is 0 Å². The number of anilines is 1. The lowest BCUT2D eigenvalue weighted by Crippen LogP contribution is -2.28. The SMILES string of the molecule is Cc1nc2c(OCCOc3ccccc3)cccn2c1N(C)C(=O)CCC1CCCC1. The maximum Gasteiger partial charge on any atom is 0.227 e. The number of imidazole rings is 1. The molecule has 0 bridgehead atoms. The van der Waals surface area contributed by atoms with Gasteiger partial charge in [-0.2, -0.15) is 0 Å². The van der Waals surface area contributed by atoms with Crippen LogP contribution in [-0.4, -0.2) is 35.6 Å². The minimum atomic E-state index is 0.138. The van der Waals surface area contributed by atoms with E-state index in [0.29, 0.717) is 36.9 Å². The van der Waals surface area contributed by atoms with E-state index in [1.807, 2.05) is 67.0 Å². The average molecular weight is 422 g/mol. The van der Waals surface area contributed by atoms with Gasteiger partial charge in [0, 0.05) is 19.7 Å². The Labute approximate surface area is 183 Å². The first-order valence-electron chi connectivity index (χ1n) is 11.2. The molecule has 1 aromatic carbocycles. The van der Waals surface area contributed by atoms with Crippen LogP contribution in [0, 0.1) is 12.8 Å². The van der Waals surface area contributed by atoms with Crippen molar-refractivity contribution in [3.63, 3.8) is 0 Å². The summed E-state index contributed by atoms with van der Waals surface area (Å²) in [6.45, 7) is 2.79. The highest BCUT2D eigenvalue weighted by Gasteiger charge is 2.22. The zero-order valence-electron chi connectivity index (χ0n) is 18.4. The van der Waals surface area contributed by atoms with E-state index >= 15 is 0 Å². The molecule has 31 heavy (non-hydrogen) atoms. The number of nitrogens with zero attached hydrogens (tertiary/aromatic N) is 3. The fourth-order valence-corrected chi connectivity index (χ4v) is 4.40. The molecule has 0 unspecified atom stereocenters. The molecule has 3 aromatic rings. The molecule has 4 rings (SSSR count). The summed E-state index contributed by atoms with van der Waals surface area (Å²) in [5.74, 6) is 3.15. The minimum Gasteiger partial charge on any atom is -0.490 e. The highest BCUT2D eigenvalue weighted by molar-refractivity contribution is 5.93. The molecule has 0 saturated heterocycles. The third-order valence-electron chi connectivity index (χ3n) is 6.04. The summed E-state index contributed by atoms with van der Waals surface area (Å²) in [6, 6.07) is 13.5. The van der Waals surface area contributed by atoms with E-state index in [1.165, 1.54) is 25.7 Å². The molecule has 0 aliphatic heterocycles. The van der Waals surface area contributed by atoms with E-state index in [9.17, 15) is 4.79 Å². The van der Waals surface area contributed by atoms with Crippen LogP contribution >= 0.6 is 0 Å². The summed E-state index contributed by atoms with van der Waals surface area (Å²) in [5, 5.41) is 0. The Morgan fingerprint density at radius 2 is 1.84 bits per heavy atom. The summed E-state index contributed by atoms with van der Waals surface area (Å²) in [4.78, 5) is 19.3. The summed E-state index contributed by atoms with van der Waals surface area (Å²) in [5.41, 5.74) is 1.53. The Hall–Kier alpha value is -3.02. The molecule has 0 N–H and O–H groups in total.